The second-order valence-corrected chi connectivity index (χ2v) is 9.02. The molecule has 2 atom stereocenters. The molecule has 0 aliphatic carbocycles. The molecule has 7 nitrogen and oxygen atoms in total. The van der Waals surface area contributed by atoms with Crippen LogP contribution >= 0.6 is 0 Å². The SMILES string of the molecule is C=CCCN(c1nc2c(cc1C)C(C(=O)NC)C(c1ccc(F)cc1)O2)S(C)(=O)=O. The monoisotopic (exact) mass is 433 g/mol. The molecular weight excluding hydrogens is 409 g/mol. The summed E-state index contributed by atoms with van der Waals surface area (Å²) in [5, 5.41) is 2.63. The van der Waals surface area contributed by atoms with Gasteiger partial charge in [-0.1, -0.05) is 18.2 Å². The number of rotatable bonds is 7. The minimum Gasteiger partial charge on any atom is -0.468 e. The third-order valence-electron chi connectivity index (χ3n) is 4.96. The van der Waals surface area contributed by atoms with E-state index in [2.05, 4.69) is 16.9 Å². The number of fused-ring (bicyclic) bond motifs is 1. The molecule has 1 aliphatic heterocycles. The average Bonchev–Trinajstić information content (AvgIpc) is 3.05. The normalized spacial score (nSPS) is 17.7. The number of hydrogen-bond donors (Lipinski definition) is 1. The molecule has 160 valence electrons. The van der Waals surface area contributed by atoms with Gasteiger partial charge in [0, 0.05) is 19.2 Å². The lowest BCUT2D eigenvalue weighted by Gasteiger charge is -2.23. The summed E-state index contributed by atoms with van der Waals surface area (Å²) >= 11 is 0. The predicted octanol–water partition coefficient (Wildman–Crippen LogP) is 2.83. The van der Waals surface area contributed by atoms with Crippen molar-refractivity contribution in [2.75, 3.05) is 24.2 Å². The van der Waals surface area contributed by atoms with Crippen LogP contribution < -0.4 is 14.4 Å². The fourth-order valence-corrected chi connectivity index (χ4v) is 4.45. The van der Waals surface area contributed by atoms with Crippen molar-refractivity contribution in [1.29, 1.82) is 0 Å². The Bertz CT molecular complexity index is 1070. The average molecular weight is 434 g/mol. The smallest absolute Gasteiger partial charge is 0.233 e. The fourth-order valence-electron chi connectivity index (χ4n) is 3.51. The molecule has 30 heavy (non-hydrogen) atoms. The molecule has 0 radical (unpaired) electrons. The summed E-state index contributed by atoms with van der Waals surface area (Å²) in [6.45, 7) is 5.57. The Morgan fingerprint density at radius 1 is 1.37 bits per heavy atom. The Balaban J connectivity index is 2.09. The van der Waals surface area contributed by atoms with Gasteiger partial charge in [0.25, 0.3) is 0 Å². The van der Waals surface area contributed by atoms with E-state index in [1.807, 2.05) is 0 Å². The van der Waals surface area contributed by atoms with Gasteiger partial charge in [0.2, 0.25) is 21.8 Å². The number of carbonyl (C=O) groups is 1. The van der Waals surface area contributed by atoms with E-state index >= 15 is 0 Å². The first-order valence-electron chi connectivity index (χ1n) is 9.41. The highest BCUT2D eigenvalue weighted by Gasteiger charge is 2.42. The van der Waals surface area contributed by atoms with Gasteiger partial charge in [-0.15, -0.1) is 6.58 Å². The minimum absolute atomic E-state index is 0.186. The maximum absolute atomic E-state index is 13.4. The van der Waals surface area contributed by atoms with Crippen LogP contribution in [-0.4, -0.2) is 39.2 Å². The number of aryl methyl sites for hydroxylation is 1. The number of benzene rings is 1. The van der Waals surface area contributed by atoms with E-state index in [4.69, 9.17) is 4.74 Å². The minimum atomic E-state index is -3.59. The molecule has 0 spiro atoms. The van der Waals surface area contributed by atoms with E-state index < -0.39 is 27.9 Å². The maximum Gasteiger partial charge on any atom is 0.233 e. The van der Waals surface area contributed by atoms with Crippen molar-refractivity contribution >= 4 is 21.7 Å². The Kier molecular flexibility index (Phi) is 6.12. The Morgan fingerprint density at radius 3 is 2.60 bits per heavy atom. The number of nitrogens with zero attached hydrogens (tertiary/aromatic N) is 2. The summed E-state index contributed by atoms with van der Waals surface area (Å²) in [5.41, 5.74) is 1.77. The first kappa shape index (κ1) is 21.8. The van der Waals surface area contributed by atoms with Crippen LogP contribution in [0.1, 0.15) is 35.1 Å². The van der Waals surface area contributed by atoms with Crippen LogP contribution in [0, 0.1) is 12.7 Å². The summed E-state index contributed by atoms with van der Waals surface area (Å²) < 4.78 is 45.2. The number of ether oxygens (including phenoxy) is 1. The molecule has 9 heteroatoms. The van der Waals surface area contributed by atoms with Crippen LogP contribution in [-0.2, 0) is 14.8 Å². The van der Waals surface area contributed by atoms with Gasteiger partial charge in [0.15, 0.2) is 0 Å². The predicted molar refractivity (Wildman–Crippen MR) is 113 cm³/mol. The third-order valence-corrected chi connectivity index (χ3v) is 6.11. The zero-order valence-electron chi connectivity index (χ0n) is 17.1. The van der Waals surface area contributed by atoms with Gasteiger partial charge < -0.3 is 10.1 Å². The summed E-state index contributed by atoms with van der Waals surface area (Å²) in [5.74, 6) is -0.938. The van der Waals surface area contributed by atoms with Crippen molar-refractivity contribution in [2.45, 2.75) is 25.4 Å². The number of carbonyl (C=O) groups excluding carboxylic acids is 1. The summed E-state index contributed by atoms with van der Waals surface area (Å²) in [7, 11) is -2.06. The van der Waals surface area contributed by atoms with Crippen molar-refractivity contribution in [3.05, 3.63) is 65.5 Å². The van der Waals surface area contributed by atoms with Gasteiger partial charge in [0.05, 0.1) is 6.26 Å². The Labute approximate surface area is 175 Å². The Morgan fingerprint density at radius 2 is 2.03 bits per heavy atom. The van der Waals surface area contributed by atoms with Crippen LogP contribution in [0.25, 0.3) is 0 Å². The van der Waals surface area contributed by atoms with Gasteiger partial charge in [0.1, 0.15) is 23.7 Å². The fraction of sp³-hybridized carbons (Fsp3) is 0.333. The highest BCUT2D eigenvalue weighted by atomic mass is 32.2. The summed E-state index contributed by atoms with van der Waals surface area (Å²) in [6.07, 6.45) is 2.48. The molecular formula is C21H24FN3O4S. The van der Waals surface area contributed by atoms with Crippen LogP contribution in [0.15, 0.2) is 43.0 Å². The number of halogens is 1. The van der Waals surface area contributed by atoms with Crippen LogP contribution in [0.2, 0.25) is 0 Å². The molecule has 1 N–H and O–H groups in total. The topological polar surface area (TPSA) is 88.6 Å². The quantitative estimate of drug-likeness (QED) is 0.679. The van der Waals surface area contributed by atoms with E-state index in [0.29, 0.717) is 23.1 Å². The molecule has 2 unspecified atom stereocenters. The van der Waals surface area contributed by atoms with Gasteiger partial charge in [-0.25, -0.2) is 12.8 Å². The van der Waals surface area contributed by atoms with E-state index in [0.717, 1.165) is 6.26 Å². The third kappa shape index (κ3) is 4.16. The van der Waals surface area contributed by atoms with Crippen molar-refractivity contribution in [2.24, 2.45) is 0 Å². The molecule has 1 aromatic heterocycles. The van der Waals surface area contributed by atoms with Crippen molar-refractivity contribution in [3.8, 4) is 5.88 Å². The van der Waals surface area contributed by atoms with Crippen LogP contribution in [0.3, 0.4) is 0 Å². The highest BCUT2D eigenvalue weighted by Crippen LogP contribution is 2.46. The van der Waals surface area contributed by atoms with E-state index in [9.17, 15) is 17.6 Å². The number of aromatic nitrogens is 1. The molecule has 0 bridgehead atoms. The second kappa shape index (κ2) is 8.43. The molecule has 1 aliphatic rings. The molecule has 0 saturated heterocycles. The van der Waals surface area contributed by atoms with E-state index in [1.165, 1.54) is 23.5 Å². The van der Waals surface area contributed by atoms with Crippen LogP contribution in [0.4, 0.5) is 10.2 Å². The van der Waals surface area contributed by atoms with Gasteiger partial charge >= 0.3 is 0 Å². The van der Waals surface area contributed by atoms with Crippen molar-refractivity contribution in [1.82, 2.24) is 10.3 Å². The standard InChI is InChI=1S/C21H24FN3O4S/c1-5-6-11-25(30(4,27)28)19-13(2)12-16-17(20(26)23-3)18(29-21(16)24-19)14-7-9-15(22)10-8-14/h5,7-10,12,17-18H,1,6,11H2,2-4H3,(H,23,26). The molecule has 3 rings (SSSR count). The number of pyridine rings is 1. The number of sulfonamides is 1. The molecule has 0 saturated carbocycles. The first-order valence-corrected chi connectivity index (χ1v) is 11.3. The van der Waals surface area contributed by atoms with Gasteiger partial charge in [-0.2, -0.15) is 4.98 Å². The van der Waals surface area contributed by atoms with Crippen LogP contribution in [0.5, 0.6) is 5.88 Å². The van der Waals surface area contributed by atoms with Crippen molar-refractivity contribution in [3.63, 3.8) is 0 Å². The summed E-state index contributed by atoms with van der Waals surface area (Å²) in [6, 6.07) is 7.44. The molecule has 2 aromatic rings. The lowest BCUT2D eigenvalue weighted by molar-refractivity contribution is -0.123. The number of likely N-dealkylation sites (N-methyl/N-ethyl adjacent to an activating group) is 1. The lowest BCUT2D eigenvalue weighted by Crippen LogP contribution is -2.32. The lowest BCUT2D eigenvalue weighted by atomic mass is 9.90. The number of hydrogen-bond acceptors (Lipinski definition) is 5. The summed E-state index contributed by atoms with van der Waals surface area (Å²) in [4.78, 5) is 17.1. The maximum atomic E-state index is 13.4. The number of amides is 1. The number of nitrogens with one attached hydrogen (secondary N) is 1. The van der Waals surface area contributed by atoms with E-state index in [-0.39, 0.29) is 24.1 Å². The highest BCUT2D eigenvalue weighted by molar-refractivity contribution is 7.92. The second-order valence-electron chi connectivity index (χ2n) is 7.12. The number of anilines is 1. The first-order chi connectivity index (χ1) is 14.2. The zero-order valence-corrected chi connectivity index (χ0v) is 17.9. The van der Waals surface area contributed by atoms with Crippen molar-refractivity contribution < 1.29 is 22.3 Å². The zero-order chi connectivity index (χ0) is 22.1. The Hall–Kier alpha value is -2.94. The molecule has 1 amide bonds. The van der Waals surface area contributed by atoms with E-state index in [1.54, 1.807) is 31.2 Å². The molecule has 2 heterocycles. The van der Waals surface area contributed by atoms with Gasteiger partial charge in [-0.05, 0) is 42.7 Å². The largest absolute Gasteiger partial charge is 0.468 e. The molecule has 0 fully saturated rings. The molecule has 1 aromatic carbocycles. The van der Waals surface area contributed by atoms with Gasteiger partial charge in [-0.3, -0.25) is 9.10 Å².